The Hall–Kier alpha value is -0.640. The quantitative estimate of drug-likeness (QED) is 0.856. The number of hydrogen-bond acceptors (Lipinski definition) is 3. The van der Waals surface area contributed by atoms with Crippen LogP contribution in [-0.4, -0.2) is 27.6 Å². The highest BCUT2D eigenvalue weighted by atomic mass is 32.2. The summed E-state index contributed by atoms with van der Waals surface area (Å²) in [5.41, 5.74) is 0. The number of hydrogen-bond donors (Lipinski definition) is 1. The van der Waals surface area contributed by atoms with E-state index in [1.165, 1.54) is 25.7 Å². The third kappa shape index (κ3) is 2.73. The average Bonchev–Trinajstić information content (AvgIpc) is 2.90. The standard InChI is InChI=1S/C12H21N3S/c1-10(9-16-2)15-8-7-13-12(15)14-11-5-3-4-6-11/h7-8,10-11H,3-6,9H2,1-2H3,(H,13,14). The van der Waals surface area contributed by atoms with Crippen molar-refractivity contribution in [3.8, 4) is 0 Å². The molecule has 1 heterocycles. The molecule has 1 atom stereocenters. The fourth-order valence-electron chi connectivity index (χ4n) is 2.35. The van der Waals surface area contributed by atoms with E-state index in [-0.39, 0.29) is 0 Å². The average molecular weight is 239 g/mol. The molecule has 0 saturated heterocycles. The molecule has 1 aromatic rings. The zero-order valence-corrected chi connectivity index (χ0v) is 11.0. The van der Waals surface area contributed by atoms with E-state index in [0.29, 0.717) is 12.1 Å². The number of imidazole rings is 1. The second-order valence-corrected chi connectivity index (χ2v) is 5.50. The van der Waals surface area contributed by atoms with E-state index in [1.54, 1.807) is 0 Å². The summed E-state index contributed by atoms with van der Waals surface area (Å²) in [6.45, 7) is 2.25. The smallest absolute Gasteiger partial charge is 0.203 e. The number of nitrogens with one attached hydrogen (secondary N) is 1. The largest absolute Gasteiger partial charge is 0.353 e. The molecule has 0 spiro atoms. The Labute approximate surface area is 102 Å². The molecule has 16 heavy (non-hydrogen) atoms. The predicted octanol–water partition coefficient (Wildman–Crippen LogP) is 3.16. The van der Waals surface area contributed by atoms with Gasteiger partial charge in [-0.3, -0.25) is 0 Å². The third-order valence-electron chi connectivity index (χ3n) is 3.24. The van der Waals surface area contributed by atoms with Crippen LogP contribution in [0.4, 0.5) is 5.95 Å². The van der Waals surface area contributed by atoms with Crippen LogP contribution >= 0.6 is 11.8 Å². The summed E-state index contributed by atoms with van der Waals surface area (Å²) in [4.78, 5) is 4.43. The first-order valence-electron chi connectivity index (χ1n) is 6.09. The molecule has 90 valence electrons. The molecule has 2 rings (SSSR count). The van der Waals surface area contributed by atoms with Gasteiger partial charge in [0.2, 0.25) is 5.95 Å². The highest BCUT2D eigenvalue weighted by molar-refractivity contribution is 7.98. The maximum Gasteiger partial charge on any atom is 0.203 e. The van der Waals surface area contributed by atoms with Gasteiger partial charge >= 0.3 is 0 Å². The number of nitrogens with zero attached hydrogens (tertiary/aromatic N) is 2. The van der Waals surface area contributed by atoms with Gasteiger partial charge in [0.05, 0.1) is 0 Å². The Morgan fingerprint density at radius 1 is 1.56 bits per heavy atom. The monoisotopic (exact) mass is 239 g/mol. The summed E-state index contributed by atoms with van der Waals surface area (Å²) in [7, 11) is 0. The van der Waals surface area contributed by atoms with E-state index in [9.17, 15) is 0 Å². The molecule has 0 amide bonds. The molecular weight excluding hydrogens is 218 g/mol. The molecule has 1 saturated carbocycles. The Morgan fingerprint density at radius 2 is 2.31 bits per heavy atom. The molecule has 0 bridgehead atoms. The Morgan fingerprint density at radius 3 is 3.00 bits per heavy atom. The highest BCUT2D eigenvalue weighted by Crippen LogP contribution is 2.23. The normalized spacial score (nSPS) is 18.9. The summed E-state index contributed by atoms with van der Waals surface area (Å²) in [5, 5.41) is 3.57. The van der Waals surface area contributed by atoms with Crippen LogP contribution < -0.4 is 5.32 Å². The molecular formula is C12H21N3S. The maximum absolute atomic E-state index is 4.43. The maximum atomic E-state index is 4.43. The summed E-state index contributed by atoms with van der Waals surface area (Å²) < 4.78 is 2.26. The van der Waals surface area contributed by atoms with Crippen LogP contribution in [0.15, 0.2) is 12.4 Å². The third-order valence-corrected chi connectivity index (χ3v) is 4.06. The molecule has 1 N–H and O–H groups in total. The Bertz CT molecular complexity index is 318. The van der Waals surface area contributed by atoms with Gasteiger partial charge in [0, 0.05) is 30.2 Å². The van der Waals surface area contributed by atoms with E-state index in [2.05, 4.69) is 34.2 Å². The van der Waals surface area contributed by atoms with Crippen molar-refractivity contribution in [2.75, 3.05) is 17.3 Å². The minimum atomic E-state index is 0.515. The summed E-state index contributed by atoms with van der Waals surface area (Å²) in [5.74, 6) is 2.18. The van der Waals surface area contributed by atoms with Gasteiger partial charge in [-0.05, 0) is 26.0 Å². The van der Waals surface area contributed by atoms with Crippen LogP contribution in [-0.2, 0) is 0 Å². The minimum Gasteiger partial charge on any atom is -0.353 e. The fraction of sp³-hybridized carbons (Fsp3) is 0.750. The SMILES string of the molecule is CSCC(C)n1ccnc1NC1CCCC1. The van der Waals surface area contributed by atoms with Crippen molar-refractivity contribution in [3.63, 3.8) is 0 Å². The van der Waals surface area contributed by atoms with E-state index in [4.69, 9.17) is 0 Å². The van der Waals surface area contributed by atoms with E-state index in [1.807, 2.05) is 18.0 Å². The second-order valence-electron chi connectivity index (χ2n) is 4.59. The van der Waals surface area contributed by atoms with Gasteiger partial charge in [-0.1, -0.05) is 12.8 Å². The summed E-state index contributed by atoms with van der Waals surface area (Å²) in [6.07, 6.45) is 11.4. The molecule has 0 aliphatic heterocycles. The van der Waals surface area contributed by atoms with Crippen molar-refractivity contribution in [1.29, 1.82) is 0 Å². The number of anilines is 1. The lowest BCUT2D eigenvalue weighted by Gasteiger charge is -2.18. The number of rotatable bonds is 5. The van der Waals surface area contributed by atoms with Crippen molar-refractivity contribution in [1.82, 2.24) is 9.55 Å². The van der Waals surface area contributed by atoms with Crippen molar-refractivity contribution in [2.24, 2.45) is 0 Å². The highest BCUT2D eigenvalue weighted by Gasteiger charge is 2.17. The first kappa shape index (κ1) is 11.8. The molecule has 0 radical (unpaired) electrons. The van der Waals surface area contributed by atoms with Gasteiger partial charge in [-0.25, -0.2) is 4.98 Å². The molecule has 3 nitrogen and oxygen atoms in total. The molecule has 0 aromatic carbocycles. The van der Waals surface area contributed by atoms with Crippen molar-refractivity contribution in [2.45, 2.75) is 44.7 Å². The van der Waals surface area contributed by atoms with Gasteiger partial charge < -0.3 is 9.88 Å². The van der Waals surface area contributed by atoms with Crippen molar-refractivity contribution >= 4 is 17.7 Å². The van der Waals surface area contributed by atoms with E-state index >= 15 is 0 Å². The van der Waals surface area contributed by atoms with Gasteiger partial charge in [-0.2, -0.15) is 11.8 Å². The van der Waals surface area contributed by atoms with Crippen molar-refractivity contribution in [3.05, 3.63) is 12.4 Å². The lowest BCUT2D eigenvalue weighted by Crippen LogP contribution is -2.19. The van der Waals surface area contributed by atoms with Crippen LogP contribution in [0.3, 0.4) is 0 Å². The second kappa shape index (κ2) is 5.62. The van der Waals surface area contributed by atoms with E-state index in [0.717, 1.165) is 11.7 Å². The van der Waals surface area contributed by atoms with Crippen molar-refractivity contribution < 1.29 is 0 Å². The molecule has 1 fully saturated rings. The first-order chi connectivity index (χ1) is 7.81. The topological polar surface area (TPSA) is 29.9 Å². The molecule has 1 unspecified atom stereocenters. The lowest BCUT2D eigenvalue weighted by molar-refractivity contribution is 0.605. The van der Waals surface area contributed by atoms with Crippen LogP contribution in [0.1, 0.15) is 38.6 Å². The molecule has 4 heteroatoms. The van der Waals surface area contributed by atoms with Gasteiger partial charge in [0.1, 0.15) is 0 Å². The molecule has 1 aliphatic rings. The lowest BCUT2D eigenvalue weighted by atomic mass is 10.2. The zero-order valence-electron chi connectivity index (χ0n) is 10.1. The Balaban J connectivity index is 2.00. The fourth-order valence-corrected chi connectivity index (χ4v) is 3.00. The molecule has 1 aliphatic carbocycles. The number of aromatic nitrogens is 2. The van der Waals surface area contributed by atoms with Crippen LogP contribution in [0.2, 0.25) is 0 Å². The Kier molecular flexibility index (Phi) is 4.16. The first-order valence-corrected chi connectivity index (χ1v) is 7.49. The van der Waals surface area contributed by atoms with Gasteiger partial charge in [-0.15, -0.1) is 0 Å². The minimum absolute atomic E-state index is 0.515. The van der Waals surface area contributed by atoms with Crippen LogP contribution in [0.25, 0.3) is 0 Å². The predicted molar refractivity (Wildman–Crippen MR) is 71.2 cm³/mol. The number of thioether (sulfide) groups is 1. The van der Waals surface area contributed by atoms with Gasteiger partial charge in [0.15, 0.2) is 0 Å². The summed E-state index contributed by atoms with van der Waals surface area (Å²) in [6, 6.07) is 1.16. The van der Waals surface area contributed by atoms with Gasteiger partial charge in [0.25, 0.3) is 0 Å². The summed E-state index contributed by atoms with van der Waals surface area (Å²) >= 11 is 1.88. The van der Waals surface area contributed by atoms with E-state index < -0.39 is 0 Å². The van der Waals surface area contributed by atoms with Crippen LogP contribution in [0, 0.1) is 0 Å². The molecule has 1 aromatic heterocycles. The van der Waals surface area contributed by atoms with Crippen LogP contribution in [0.5, 0.6) is 0 Å². The zero-order chi connectivity index (χ0) is 11.4.